The molecule has 2 heterocycles. The van der Waals surface area contributed by atoms with Crippen molar-refractivity contribution < 1.29 is 14.1 Å². The van der Waals surface area contributed by atoms with Gasteiger partial charge in [-0.2, -0.15) is 4.98 Å². The molecule has 0 atom stereocenters. The molecule has 132 valence electrons. The predicted octanol–water partition coefficient (Wildman–Crippen LogP) is 2.50. The number of carbonyl (C=O) groups is 1. The lowest BCUT2D eigenvalue weighted by molar-refractivity contribution is -0.117. The summed E-state index contributed by atoms with van der Waals surface area (Å²) in [5.74, 6) is 1.80. The summed E-state index contributed by atoms with van der Waals surface area (Å²) >= 11 is 0. The van der Waals surface area contributed by atoms with Crippen molar-refractivity contribution in [1.82, 2.24) is 10.1 Å². The van der Waals surface area contributed by atoms with E-state index in [0.717, 1.165) is 44.3 Å². The number of hydrogen-bond donors (Lipinski definition) is 1. The summed E-state index contributed by atoms with van der Waals surface area (Å²) in [4.78, 5) is 18.1. The van der Waals surface area contributed by atoms with Crippen molar-refractivity contribution in [3.05, 3.63) is 36.0 Å². The molecule has 25 heavy (non-hydrogen) atoms. The summed E-state index contributed by atoms with van der Waals surface area (Å²) in [5.41, 5.74) is 6.74. The highest BCUT2D eigenvalue weighted by Crippen LogP contribution is 2.34. The molecular weight excluding hydrogens is 320 g/mol. The monoisotopic (exact) mass is 342 g/mol. The molecular formula is C18H22N4O3. The van der Waals surface area contributed by atoms with Gasteiger partial charge in [0.25, 0.3) is 5.89 Å². The lowest BCUT2D eigenvalue weighted by atomic mass is 9.99. The summed E-state index contributed by atoms with van der Waals surface area (Å²) < 4.78 is 11.0. The van der Waals surface area contributed by atoms with Crippen LogP contribution in [-0.4, -0.2) is 22.6 Å². The van der Waals surface area contributed by atoms with Crippen LogP contribution in [0, 0.1) is 0 Å². The molecule has 1 aliphatic carbocycles. The lowest BCUT2D eigenvalue weighted by Gasteiger charge is -2.17. The van der Waals surface area contributed by atoms with Crippen molar-refractivity contribution >= 4 is 11.6 Å². The van der Waals surface area contributed by atoms with Gasteiger partial charge in [-0.05, 0) is 31.4 Å². The van der Waals surface area contributed by atoms with Gasteiger partial charge in [0.05, 0.1) is 5.54 Å². The van der Waals surface area contributed by atoms with Gasteiger partial charge in [-0.3, -0.25) is 4.79 Å². The highest BCUT2D eigenvalue weighted by molar-refractivity contribution is 5.95. The summed E-state index contributed by atoms with van der Waals surface area (Å²) in [5, 5.41) is 4.03. The van der Waals surface area contributed by atoms with Gasteiger partial charge in [0.2, 0.25) is 5.91 Å². The van der Waals surface area contributed by atoms with Crippen LogP contribution in [-0.2, 0) is 16.9 Å². The summed E-state index contributed by atoms with van der Waals surface area (Å²) in [6.45, 7) is 0.939. The summed E-state index contributed by atoms with van der Waals surface area (Å²) in [6.07, 6.45) is 5.47. The number of ether oxygens (including phenoxy) is 1. The smallest absolute Gasteiger partial charge is 0.264 e. The third kappa shape index (κ3) is 3.24. The fraction of sp³-hybridized carbons (Fsp3) is 0.500. The Kier molecular flexibility index (Phi) is 4.17. The number of nitrogens with zero attached hydrogens (tertiary/aromatic N) is 3. The number of nitrogens with two attached hydrogens (primary N) is 1. The van der Waals surface area contributed by atoms with E-state index in [1.54, 1.807) is 4.90 Å². The molecule has 2 aromatic rings. The first-order valence-corrected chi connectivity index (χ1v) is 8.79. The first-order valence-electron chi connectivity index (χ1n) is 8.79. The minimum atomic E-state index is -0.461. The van der Waals surface area contributed by atoms with E-state index < -0.39 is 5.54 Å². The quantitative estimate of drug-likeness (QED) is 0.897. The molecule has 4 rings (SSSR count). The molecule has 2 aliphatic rings. The number of aromatic nitrogens is 2. The second-order valence-electron chi connectivity index (χ2n) is 6.81. The molecule has 1 aliphatic heterocycles. The Labute approximate surface area is 146 Å². The first-order chi connectivity index (χ1) is 12.1. The Balaban J connectivity index is 1.42. The van der Waals surface area contributed by atoms with Crippen LogP contribution in [0.5, 0.6) is 5.75 Å². The Morgan fingerprint density at radius 1 is 1.28 bits per heavy atom. The maximum absolute atomic E-state index is 11.9. The number of rotatable bonds is 5. The Morgan fingerprint density at radius 2 is 2.12 bits per heavy atom. The number of benzene rings is 1. The number of anilines is 1. The summed E-state index contributed by atoms with van der Waals surface area (Å²) in [7, 11) is 0. The van der Waals surface area contributed by atoms with Crippen molar-refractivity contribution in [1.29, 1.82) is 0 Å². The third-order valence-electron chi connectivity index (χ3n) is 4.97. The van der Waals surface area contributed by atoms with E-state index in [-0.39, 0.29) is 12.5 Å². The van der Waals surface area contributed by atoms with Gasteiger partial charge >= 0.3 is 0 Å². The van der Waals surface area contributed by atoms with Crippen molar-refractivity contribution in [3.8, 4) is 5.75 Å². The molecule has 1 amide bonds. The molecule has 7 heteroatoms. The largest absolute Gasteiger partial charge is 0.484 e. The highest BCUT2D eigenvalue weighted by atomic mass is 16.5. The van der Waals surface area contributed by atoms with Crippen molar-refractivity contribution in [2.24, 2.45) is 5.73 Å². The molecule has 2 N–H and O–H groups in total. The van der Waals surface area contributed by atoms with Crippen LogP contribution in [0.25, 0.3) is 0 Å². The van der Waals surface area contributed by atoms with Crippen molar-refractivity contribution in [2.75, 3.05) is 11.4 Å². The molecule has 0 radical (unpaired) electrons. The van der Waals surface area contributed by atoms with Crippen LogP contribution < -0.4 is 15.4 Å². The van der Waals surface area contributed by atoms with Crippen LogP contribution in [0.4, 0.5) is 5.69 Å². The maximum atomic E-state index is 11.9. The normalized spacial score (nSPS) is 19.6. The second kappa shape index (κ2) is 6.48. The minimum absolute atomic E-state index is 0.156. The van der Waals surface area contributed by atoms with Gasteiger partial charge in [-0.15, -0.1) is 0 Å². The van der Waals surface area contributed by atoms with Gasteiger partial charge in [-0.25, -0.2) is 0 Å². The zero-order valence-corrected chi connectivity index (χ0v) is 14.1. The Hall–Kier alpha value is -2.41. The third-order valence-corrected chi connectivity index (χ3v) is 4.97. The van der Waals surface area contributed by atoms with Crippen molar-refractivity contribution in [3.63, 3.8) is 0 Å². The maximum Gasteiger partial charge on any atom is 0.264 e. The van der Waals surface area contributed by atoms with Crippen LogP contribution in [0.3, 0.4) is 0 Å². The fourth-order valence-corrected chi connectivity index (χ4v) is 3.55. The Morgan fingerprint density at radius 3 is 2.88 bits per heavy atom. The van der Waals surface area contributed by atoms with Crippen LogP contribution in [0.1, 0.15) is 50.2 Å². The van der Waals surface area contributed by atoms with E-state index in [2.05, 4.69) is 10.1 Å². The van der Waals surface area contributed by atoms with Crippen molar-refractivity contribution in [2.45, 2.75) is 50.7 Å². The Bertz CT molecular complexity index is 767. The van der Waals surface area contributed by atoms with E-state index >= 15 is 0 Å². The number of carbonyl (C=O) groups excluding carboxylic acids is 1. The molecule has 1 aromatic carbocycles. The number of amides is 1. The zero-order valence-electron chi connectivity index (χ0n) is 14.1. The van der Waals surface area contributed by atoms with E-state index in [9.17, 15) is 4.79 Å². The standard InChI is InChI=1S/C18H22N4O3/c19-18(8-1-2-9-18)17-20-15(25-21-17)12-24-14-6-3-5-13(11-14)22-10-4-7-16(22)23/h3,5-6,11H,1-2,4,7-10,12,19H2. The van der Waals surface area contributed by atoms with Crippen LogP contribution >= 0.6 is 0 Å². The van der Waals surface area contributed by atoms with E-state index in [1.165, 1.54) is 0 Å². The van der Waals surface area contributed by atoms with Gasteiger partial charge in [0.1, 0.15) is 5.75 Å². The zero-order chi connectivity index (χ0) is 17.3. The van der Waals surface area contributed by atoms with Crippen LogP contribution in [0.2, 0.25) is 0 Å². The average Bonchev–Trinajstić information content (AvgIpc) is 3.34. The molecule has 1 saturated carbocycles. The topological polar surface area (TPSA) is 94.5 Å². The predicted molar refractivity (Wildman–Crippen MR) is 91.0 cm³/mol. The molecule has 1 aromatic heterocycles. The lowest BCUT2D eigenvalue weighted by Crippen LogP contribution is -2.34. The molecule has 0 spiro atoms. The van der Waals surface area contributed by atoms with E-state index in [0.29, 0.717) is 23.9 Å². The van der Waals surface area contributed by atoms with Gasteiger partial charge in [0.15, 0.2) is 12.4 Å². The summed E-state index contributed by atoms with van der Waals surface area (Å²) in [6, 6.07) is 7.51. The minimum Gasteiger partial charge on any atom is -0.484 e. The fourth-order valence-electron chi connectivity index (χ4n) is 3.55. The molecule has 0 bridgehead atoms. The van der Waals surface area contributed by atoms with E-state index in [4.69, 9.17) is 15.0 Å². The van der Waals surface area contributed by atoms with Gasteiger partial charge < -0.3 is 19.9 Å². The molecule has 2 fully saturated rings. The number of hydrogen-bond acceptors (Lipinski definition) is 6. The first kappa shape index (κ1) is 16.1. The molecule has 7 nitrogen and oxygen atoms in total. The van der Waals surface area contributed by atoms with E-state index in [1.807, 2.05) is 24.3 Å². The van der Waals surface area contributed by atoms with Crippen LogP contribution in [0.15, 0.2) is 28.8 Å². The second-order valence-corrected chi connectivity index (χ2v) is 6.81. The highest BCUT2D eigenvalue weighted by Gasteiger charge is 2.36. The SMILES string of the molecule is NC1(c2noc(COc3cccc(N4CCCC4=O)c3)n2)CCCC1. The molecule has 0 unspecified atom stereocenters. The molecule has 1 saturated heterocycles. The van der Waals surface area contributed by atoms with Gasteiger partial charge in [-0.1, -0.05) is 24.1 Å². The van der Waals surface area contributed by atoms with Gasteiger partial charge in [0, 0.05) is 24.7 Å². The average molecular weight is 342 g/mol.